The zero-order chi connectivity index (χ0) is 88.1. The maximum absolute atomic E-state index is 13.0. The number of nitro groups is 2. The number of hydrogen-bond acceptors (Lipinski definition) is 18. The van der Waals surface area contributed by atoms with E-state index in [0.29, 0.717) is 99.3 Å². The molecule has 0 unspecified atom stereocenters. The highest BCUT2D eigenvalue weighted by Crippen LogP contribution is 2.28. The standard InChI is InChI=1S/2C23H27N5O2.2C19H15Cl2N5O4/c1-14(25-26-21(29)16-6-10-18(24)11-7-16)20-15(2)27-28(22(20)30)19-12-8-17(9-13-19)23(3,4)5;1-14(25-26-21(29)16-7-6-8-18(24)13-16)20-15(2)27-28(22(20)30)19-11-9-17(10-12-19)23(3,4)5;1-10(22-23-18(27)12-3-5-13(6-4-12)26(29)30)17-11(2)24-25(19(17)28)14-7-8-15(20)16(21)9-14;1-10(22-23-18(27)12-4-3-5-14(8-12)26(29)30)17-11(2)24-25(19(17)28)13-6-7-15(20)16(21)9-13/h2*6-13,27H,24H2,1-5H3,(H,26,29);2*3-9,24H,1-2H3,(H,23,27). The third-order valence-electron chi connectivity index (χ3n) is 18.3. The summed E-state index contributed by atoms with van der Waals surface area (Å²) in [6.07, 6.45) is 0. The first kappa shape index (κ1) is 89.8. The minimum absolute atomic E-state index is 0.0329. The summed E-state index contributed by atoms with van der Waals surface area (Å²) < 4.78 is 5.55. The Morgan fingerprint density at radius 1 is 0.358 bits per heavy atom. The molecule has 0 saturated heterocycles. The highest BCUT2D eigenvalue weighted by molar-refractivity contribution is 6.42. The number of benzene rings is 8. The average Bonchev–Trinajstić information content (AvgIpc) is 1.66. The zero-order valence-electron chi connectivity index (χ0n) is 67.4. The predicted molar refractivity (Wildman–Crippen MR) is 469 cm³/mol. The van der Waals surface area contributed by atoms with E-state index in [-0.39, 0.29) is 78.5 Å². The number of rotatable bonds is 18. The van der Waals surface area contributed by atoms with Gasteiger partial charge in [-0.05, 0) is 199 Å². The Balaban J connectivity index is 0.000000182. The summed E-state index contributed by atoms with van der Waals surface area (Å²) in [4.78, 5) is 121. The third-order valence-corrected chi connectivity index (χ3v) is 19.8. The minimum Gasteiger partial charge on any atom is -0.399 e. The van der Waals surface area contributed by atoms with Crippen molar-refractivity contribution in [2.75, 3.05) is 11.5 Å². The first-order valence-corrected chi connectivity index (χ1v) is 38.0. The normalized spacial score (nSPS) is 11.8. The first-order valence-electron chi connectivity index (χ1n) is 36.5. The van der Waals surface area contributed by atoms with Crippen LogP contribution < -0.4 is 55.4 Å². The average molecular weight is 1710 g/mol. The van der Waals surface area contributed by atoms with Crippen molar-refractivity contribution in [1.29, 1.82) is 0 Å². The molecule has 0 bridgehead atoms. The zero-order valence-corrected chi connectivity index (χ0v) is 70.4. The van der Waals surface area contributed by atoms with Crippen LogP contribution in [0.2, 0.25) is 20.1 Å². The summed E-state index contributed by atoms with van der Waals surface area (Å²) in [5.74, 6) is -1.98. The highest BCUT2D eigenvalue weighted by atomic mass is 35.5. The largest absolute Gasteiger partial charge is 0.399 e. The molecule has 4 amide bonds. The molecule has 0 aliphatic heterocycles. The Morgan fingerprint density at radius 3 is 0.958 bits per heavy atom. The minimum atomic E-state index is -0.643. The molecular weight excluding hydrogens is 1620 g/mol. The molecule has 8 aromatic carbocycles. The van der Waals surface area contributed by atoms with Crippen LogP contribution >= 0.6 is 46.4 Å². The van der Waals surface area contributed by atoms with Crippen molar-refractivity contribution in [3.8, 4) is 22.7 Å². The number of nitrogens with two attached hydrogens (primary N) is 2. The molecule has 0 spiro atoms. The van der Waals surface area contributed by atoms with Gasteiger partial charge in [0.15, 0.2) is 0 Å². The van der Waals surface area contributed by atoms with Gasteiger partial charge in [-0.1, -0.05) is 124 Å². The Bertz CT molecular complexity index is 6310. The summed E-state index contributed by atoms with van der Waals surface area (Å²) in [5, 5.41) is 51.1. The number of hydrazone groups is 4. The van der Waals surface area contributed by atoms with Gasteiger partial charge in [-0.3, -0.25) is 79.0 Å². The molecule has 0 radical (unpaired) electrons. The summed E-state index contributed by atoms with van der Waals surface area (Å²) in [6.45, 7) is 26.3. The number of nitrogens with one attached hydrogen (secondary N) is 8. The molecule has 120 heavy (non-hydrogen) atoms. The Hall–Kier alpha value is -14.1. The number of carbonyl (C=O) groups excluding carboxylic acids is 4. The molecule has 0 saturated carbocycles. The van der Waals surface area contributed by atoms with Crippen LogP contribution in [0.4, 0.5) is 22.7 Å². The lowest BCUT2D eigenvalue weighted by Crippen LogP contribution is -2.23. The molecule has 0 aliphatic carbocycles. The van der Waals surface area contributed by atoms with Crippen LogP contribution in [-0.4, -0.2) is 95.4 Å². The summed E-state index contributed by atoms with van der Waals surface area (Å²) in [6, 6.07) is 48.7. The van der Waals surface area contributed by atoms with Crippen molar-refractivity contribution in [2.24, 2.45) is 20.4 Å². The number of nitro benzene ring substituents is 2. The van der Waals surface area contributed by atoms with E-state index in [1.54, 1.807) is 140 Å². The number of carbonyl (C=O) groups is 4. The van der Waals surface area contributed by atoms with E-state index in [9.17, 15) is 58.6 Å². The van der Waals surface area contributed by atoms with Gasteiger partial charge in [-0.15, -0.1) is 0 Å². The predicted octanol–water partition coefficient (Wildman–Crippen LogP) is 14.7. The number of aryl methyl sites for hydroxylation is 4. The van der Waals surface area contributed by atoms with Gasteiger partial charge in [-0.2, -0.15) is 20.4 Å². The molecule has 4 aromatic heterocycles. The van der Waals surface area contributed by atoms with Crippen LogP contribution in [-0.2, 0) is 10.8 Å². The number of H-pyrrole nitrogens is 4. The molecule has 12 N–H and O–H groups in total. The van der Waals surface area contributed by atoms with Crippen molar-refractivity contribution in [3.05, 3.63) is 342 Å². The monoisotopic (exact) mass is 1700 g/mol. The second kappa shape index (κ2) is 38.3. The molecule has 36 heteroatoms. The number of aromatic nitrogens is 8. The molecule has 4 heterocycles. The van der Waals surface area contributed by atoms with E-state index in [4.69, 9.17) is 57.9 Å². The second-order valence-corrected chi connectivity index (χ2v) is 30.8. The van der Waals surface area contributed by atoms with Gasteiger partial charge >= 0.3 is 0 Å². The number of halogens is 4. The first-order chi connectivity index (χ1) is 56.5. The van der Waals surface area contributed by atoms with Crippen molar-refractivity contribution in [2.45, 2.75) is 108 Å². The second-order valence-electron chi connectivity index (χ2n) is 29.2. The van der Waals surface area contributed by atoms with Crippen LogP contribution in [0.3, 0.4) is 0 Å². The fraction of sp³-hybridized carbons (Fsp3) is 0.190. The molecule has 0 atom stereocenters. The summed E-state index contributed by atoms with van der Waals surface area (Å²) in [7, 11) is 0. The number of nitrogens with zero attached hydrogens (tertiary/aromatic N) is 10. The van der Waals surface area contributed by atoms with Gasteiger partial charge in [0, 0.05) is 80.7 Å². The Labute approximate surface area is 705 Å². The van der Waals surface area contributed by atoms with E-state index in [1.165, 1.54) is 72.3 Å². The van der Waals surface area contributed by atoms with Crippen molar-refractivity contribution < 1.29 is 29.0 Å². The van der Waals surface area contributed by atoms with Gasteiger partial charge in [0.05, 0.1) is 97.8 Å². The number of non-ortho nitro benzene ring substituents is 2. The summed E-state index contributed by atoms with van der Waals surface area (Å²) in [5.41, 5.74) is 31.6. The Morgan fingerprint density at radius 2 is 0.650 bits per heavy atom. The molecule has 12 aromatic rings. The SMILES string of the molecule is CC(=NNC(=O)c1ccc(N)cc1)c1c(C)[nH]n(-c2ccc(C(C)(C)C)cc2)c1=O.CC(=NNC(=O)c1ccc([N+](=O)[O-])cc1)c1c(C)[nH]n(-c2ccc(Cl)c(Cl)c2)c1=O.CC(=NNC(=O)c1cccc(N)c1)c1c(C)[nH]n(-c2ccc(C(C)(C)C)cc2)c1=O.CC(=NNC(=O)c1cccc([N+](=O)[O-])c1)c1c(C)[nH]n(-c2ccc(Cl)c(Cl)c2)c1=O. The van der Waals surface area contributed by atoms with E-state index in [1.807, 2.05) is 48.5 Å². The van der Waals surface area contributed by atoms with Gasteiger partial charge in [-0.25, -0.2) is 40.4 Å². The molecule has 0 aliphatic rings. The topological polar surface area (TPSA) is 455 Å². The van der Waals surface area contributed by atoms with Crippen LogP contribution in [0.15, 0.2) is 222 Å². The maximum atomic E-state index is 13.0. The quantitative estimate of drug-likeness (QED) is 0.0165. The molecule has 32 nitrogen and oxygen atoms in total. The fourth-order valence-corrected chi connectivity index (χ4v) is 12.5. The van der Waals surface area contributed by atoms with Crippen LogP contribution in [0.5, 0.6) is 0 Å². The lowest BCUT2D eigenvalue weighted by atomic mass is 9.87. The van der Waals surface area contributed by atoms with E-state index in [0.717, 1.165) is 17.4 Å². The van der Waals surface area contributed by atoms with Gasteiger partial charge in [0.25, 0.3) is 57.2 Å². The van der Waals surface area contributed by atoms with E-state index in [2.05, 4.69) is 104 Å². The molecule has 0 fully saturated rings. The smallest absolute Gasteiger partial charge is 0.280 e. The number of amides is 4. The van der Waals surface area contributed by atoms with Crippen LogP contribution in [0.1, 0.15) is 167 Å². The third kappa shape index (κ3) is 22.0. The molecule has 620 valence electrons. The van der Waals surface area contributed by atoms with Crippen LogP contribution in [0, 0.1) is 47.9 Å². The van der Waals surface area contributed by atoms with Crippen molar-refractivity contribution in [1.82, 2.24) is 60.8 Å². The summed E-state index contributed by atoms with van der Waals surface area (Å²) >= 11 is 23.9. The lowest BCUT2D eigenvalue weighted by molar-refractivity contribution is -0.385. The van der Waals surface area contributed by atoms with Gasteiger partial charge < -0.3 is 11.5 Å². The van der Waals surface area contributed by atoms with Gasteiger partial charge in [0.2, 0.25) is 0 Å². The van der Waals surface area contributed by atoms with Gasteiger partial charge in [0.1, 0.15) is 0 Å². The number of nitrogen functional groups attached to an aromatic ring is 2. The fourth-order valence-electron chi connectivity index (χ4n) is 11.9. The highest BCUT2D eigenvalue weighted by Gasteiger charge is 2.24. The van der Waals surface area contributed by atoms with E-state index >= 15 is 0 Å². The molecular formula is C84H84Cl4N20O12. The number of hydrogen-bond donors (Lipinski definition) is 10. The maximum Gasteiger partial charge on any atom is 0.280 e. The lowest BCUT2D eigenvalue weighted by Gasteiger charge is -2.19. The van der Waals surface area contributed by atoms with Crippen molar-refractivity contribution >= 4 is 116 Å². The number of aromatic amines is 4. The number of anilines is 2. The Kier molecular flexibility index (Phi) is 28.7. The van der Waals surface area contributed by atoms with Crippen LogP contribution in [0.25, 0.3) is 22.7 Å². The molecule has 12 rings (SSSR count). The van der Waals surface area contributed by atoms with Crippen molar-refractivity contribution in [3.63, 3.8) is 0 Å². The van der Waals surface area contributed by atoms with E-state index < -0.39 is 33.1 Å².